The highest BCUT2D eigenvalue weighted by Crippen LogP contribution is 2.29. The molecule has 0 radical (unpaired) electrons. The molecule has 2 aromatic carbocycles. The van der Waals surface area contributed by atoms with Crippen LogP contribution in [0.2, 0.25) is 0 Å². The lowest BCUT2D eigenvalue weighted by atomic mass is 10.0. The highest BCUT2D eigenvalue weighted by Gasteiger charge is 2.14. The topological polar surface area (TPSA) is 105 Å². The third-order valence-electron chi connectivity index (χ3n) is 3.51. The highest BCUT2D eigenvalue weighted by atomic mass is 32.2. The molecule has 3 N–H and O–H groups in total. The number of aryl methyl sites for hydroxylation is 2. The number of azo groups is 1. The van der Waals surface area contributed by atoms with Crippen molar-refractivity contribution in [2.75, 3.05) is 5.73 Å². The van der Waals surface area contributed by atoms with Crippen molar-refractivity contribution in [1.82, 2.24) is 0 Å². The summed E-state index contributed by atoms with van der Waals surface area (Å²) in [6, 6.07) is 9.55. The number of hydrogen-bond acceptors (Lipinski definition) is 5. The molecule has 0 amide bonds. The maximum Gasteiger partial charge on any atom is 0.296 e. The number of nitrogens with two attached hydrogens (primary N) is 1. The summed E-state index contributed by atoms with van der Waals surface area (Å²) in [6.07, 6.45) is 1.54. The van der Waals surface area contributed by atoms with Gasteiger partial charge in [-0.3, -0.25) is 4.55 Å². The molecule has 6 nitrogen and oxygen atoms in total. The number of nitrogen functional groups attached to an aromatic ring is 1. The predicted molar refractivity (Wildman–Crippen MR) is 90.0 cm³/mol. The fraction of sp³-hybridized carbons (Fsp3) is 0.250. The quantitative estimate of drug-likeness (QED) is 0.489. The van der Waals surface area contributed by atoms with E-state index < -0.39 is 10.1 Å². The zero-order valence-corrected chi connectivity index (χ0v) is 13.8. The molecular formula is C16H19N3O3S. The van der Waals surface area contributed by atoms with Crippen LogP contribution >= 0.6 is 0 Å². The summed E-state index contributed by atoms with van der Waals surface area (Å²) >= 11 is 0. The van der Waals surface area contributed by atoms with E-state index in [4.69, 9.17) is 5.73 Å². The maximum absolute atomic E-state index is 11.3. The molecular weight excluding hydrogens is 314 g/mol. The van der Waals surface area contributed by atoms with Crippen LogP contribution in [0.15, 0.2) is 51.5 Å². The van der Waals surface area contributed by atoms with Crippen LogP contribution in [0.3, 0.4) is 0 Å². The normalized spacial score (nSPS) is 12.0. The van der Waals surface area contributed by atoms with Crippen LogP contribution < -0.4 is 5.73 Å². The van der Waals surface area contributed by atoms with Crippen molar-refractivity contribution in [3.8, 4) is 0 Å². The molecule has 0 bridgehead atoms. The molecule has 0 saturated heterocycles. The monoisotopic (exact) mass is 333 g/mol. The van der Waals surface area contributed by atoms with E-state index in [9.17, 15) is 13.0 Å². The Bertz CT molecular complexity index is 820. The van der Waals surface area contributed by atoms with E-state index in [1.54, 1.807) is 6.07 Å². The molecule has 2 rings (SSSR count). The van der Waals surface area contributed by atoms with E-state index in [-0.39, 0.29) is 10.6 Å². The molecule has 2 aromatic rings. The van der Waals surface area contributed by atoms with Crippen LogP contribution in [0.5, 0.6) is 0 Å². The van der Waals surface area contributed by atoms with Gasteiger partial charge in [0.25, 0.3) is 10.1 Å². The largest absolute Gasteiger partial charge is 0.398 e. The van der Waals surface area contributed by atoms with Gasteiger partial charge in [0.2, 0.25) is 0 Å². The molecule has 0 aliphatic carbocycles. The van der Waals surface area contributed by atoms with Gasteiger partial charge in [0, 0.05) is 5.69 Å². The van der Waals surface area contributed by atoms with Gasteiger partial charge in [-0.05, 0) is 48.2 Å². The van der Waals surface area contributed by atoms with Crippen molar-refractivity contribution in [2.24, 2.45) is 10.2 Å². The predicted octanol–water partition coefficient (Wildman–Crippen LogP) is 4.06. The fourth-order valence-corrected chi connectivity index (χ4v) is 2.90. The number of rotatable bonds is 5. The third kappa shape index (κ3) is 3.94. The third-order valence-corrected chi connectivity index (χ3v) is 4.42. The van der Waals surface area contributed by atoms with Crippen molar-refractivity contribution in [3.05, 3.63) is 47.5 Å². The molecule has 0 aliphatic rings. The van der Waals surface area contributed by atoms with Gasteiger partial charge in [-0.1, -0.05) is 26.0 Å². The van der Waals surface area contributed by atoms with E-state index in [0.29, 0.717) is 5.69 Å². The van der Waals surface area contributed by atoms with E-state index in [2.05, 4.69) is 10.2 Å². The second-order valence-electron chi connectivity index (χ2n) is 5.03. The van der Waals surface area contributed by atoms with Crippen LogP contribution in [0.25, 0.3) is 0 Å². The standard InChI is InChI=1S/C16H19N3O3S/c1-3-11-9-13(10-12(4-2)16(11)17)18-19-14-7-5-6-8-15(14)23(20,21)22/h5-10H,3-4,17H2,1-2H3,(H,20,21,22). The molecule has 0 spiro atoms. The Morgan fingerprint density at radius 3 is 2.13 bits per heavy atom. The minimum absolute atomic E-state index is 0.0860. The number of nitrogens with zero attached hydrogens (tertiary/aromatic N) is 2. The van der Waals surface area contributed by atoms with Gasteiger partial charge in [-0.2, -0.15) is 13.5 Å². The summed E-state index contributed by atoms with van der Waals surface area (Å²) < 4.78 is 31.9. The average Bonchev–Trinajstić information content (AvgIpc) is 2.53. The van der Waals surface area contributed by atoms with Crippen LogP contribution in [0, 0.1) is 0 Å². The summed E-state index contributed by atoms with van der Waals surface area (Å²) in [5, 5.41) is 8.07. The lowest BCUT2D eigenvalue weighted by molar-refractivity contribution is 0.483. The molecule has 0 fully saturated rings. The zero-order chi connectivity index (χ0) is 17.0. The van der Waals surface area contributed by atoms with Crippen molar-refractivity contribution < 1.29 is 13.0 Å². The number of hydrogen-bond donors (Lipinski definition) is 2. The van der Waals surface area contributed by atoms with E-state index in [1.165, 1.54) is 18.2 Å². The summed E-state index contributed by atoms with van der Waals surface area (Å²) in [4.78, 5) is -0.273. The Labute approximate surface area is 135 Å². The lowest BCUT2D eigenvalue weighted by Crippen LogP contribution is -1.98. The molecule has 0 aliphatic heterocycles. The number of benzene rings is 2. The van der Waals surface area contributed by atoms with Gasteiger partial charge in [0.15, 0.2) is 0 Å². The lowest BCUT2D eigenvalue weighted by Gasteiger charge is -2.09. The van der Waals surface area contributed by atoms with E-state index in [0.717, 1.165) is 29.7 Å². The minimum Gasteiger partial charge on any atom is -0.398 e. The molecule has 0 atom stereocenters. The van der Waals surface area contributed by atoms with Crippen LogP contribution in [0.1, 0.15) is 25.0 Å². The van der Waals surface area contributed by atoms with Crippen LogP contribution in [-0.4, -0.2) is 13.0 Å². The maximum atomic E-state index is 11.3. The van der Waals surface area contributed by atoms with Crippen molar-refractivity contribution >= 4 is 27.2 Å². The first-order valence-electron chi connectivity index (χ1n) is 7.26. The Morgan fingerprint density at radius 1 is 1.04 bits per heavy atom. The summed E-state index contributed by atoms with van der Waals surface area (Å²) in [5.41, 5.74) is 9.46. The van der Waals surface area contributed by atoms with Gasteiger partial charge < -0.3 is 5.73 Å². The summed E-state index contributed by atoms with van der Waals surface area (Å²) in [5.74, 6) is 0. The van der Waals surface area contributed by atoms with Gasteiger partial charge >= 0.3 is 0 Å². The molecule has 0 saturated carbocycles. The Balaban J connectivity index is 2.46. The van der Waals surface area contributed by atoms with Gasteiger partial charge in [0.05, 0.1) is 5.69 Å². The average molecular weight is 333 g/mol. The molecule has 0 heterocycles. The van der Waals surface area contributed by atoms with Crippen LogP contribution in [-0.2, 0) is 23.0 Å². The fourth-order valence-electron chi connectivity index (χ4n) is 2.27. The van der Waals surface area contributed by atoms with Gasteiger partial charge in [-0.25, -0.2) is 0 Å². The molecule has 122 valence electrons. The second kappa shape index (κ2) is 6.89. The Kier molecular flexibility index (Phi) is 5.12. The van der Waals surface area contributed by atoms with Crippen molar-refractivity contribution in [1.29, 1.82) is 0 Å². The first-order valence-corrected chi connectivity index (χ1v) is 8.70. The van der Waals surface area contributed by atoms with Crippen LogP contribution in [0.4, 0.5) is 17.1 Å². The smallest absolute Gasteiger partial charge is 0.296 e. The molecule has 0 aromatic heterocycles. The number of anilines is 1. The highest BCUT2D eigenvalue weighted by molar-refractivity contribution is 7.86. The SMILES string of the molecule is CCc1cc(N=Nc2ccccc2S(=O)(=O)O)cc(CC)c1N. The van der Waals surface area contributed by atoms with E-state index in [1.807, 2.05) is 26.0 Å². The summed E-state index contributed by atoms with van der Waals surface area (Å²) in [6.45, 7) is 4.00. The minimum atomic E-state index is -4.34. The van der Waals surface area contributed by atoms with Crippen molar-refractivity contribution in [2.45, 2.75) is 31.6 Å². The summed E-state index contributed by atoms with van der Waals surface area (Å²) in [7, 11) is -4.34. The second-order valence-corrected chi connectivity index (χ2v) is 6.42. The first kappa shape index (κ1) is 17.1. The molecule has 7 heteroatoms. The first-order chi connectivity index (χ1) is 10.9. The Morgan fingerprint density at radius 2 is 1.61 bits per heavy atom. The zero-order valence-electron chi connectivity index (χ0n) is 13.0. The van der Waals surface area contributed by atoms with E-state index >= 15 is 0 Å². The molecule has 23 heavy (non-hydrogen) atoms. The Hall–Kier alpha value is -2.25. The van der Waals surface area contributed by atoms with Crippen molar-refractivity contribution in [3.63, 3.8) is 0 Å². The van der Waals surface area contributed by atoms with Gasteiger partial charge in [-0.15, -0.1) is 5.11 Å². The molecule has 0 unspecified atom stereocenters. The van der Waals surface area contributed by atoms with Gasteiger partial charge in [0.1, 0.15) is 10.6 Å².